The molecule has 1 saturated carbocycles. The lowest BCUT2D eigenvalue weighted by molar-refractivity contribution is -0.141. The van der Waals surface area contributed by atoms with E-state index in [4.69, 9.17) is 16.0 Å². The fourth-order valence-corrected chi connectivity index (χ4v) is 3.90. The molecule has 0 spiro atoms. The van der Waals surface area contributed by atoms with Crippen LogP contribution in [0.3, 0.4) is 0 Å². The van der Waals surface area contributed by atoms with Crippen molar-refractivity contribution < 1.29 is 49.1 Å². The summed E-state index contributed by atoms with van der Waals surface area (Å²) < 4.78 is 117. The molecule has 2 heterocycles. The minimum Gasteiger partial charge on any atom is -0.479 e. The predicted molar refractivity (Wildman–Crippen MR) is 110 cm³/mol. The van der Waals surface area contributed by atoms with Gasteiger partial charge in [0.15, 0.2) is 17.2 Å². The first-order chi connectivity index (χ1) is 17.4. The van der Waals surface area contributed by atoms with Crippen molar-refractivity contribution in [2.24, 2.45) is 0 Å². The molecule has 1 fully saturated rings. The third-order valence-electron chi connectivity index (χ3n) is 5.41. The Morgan fingerprint density at radius 3 is 2.30 bits per heavy atom. The van der Waals surface area contributed by atoms with Gasteiger partial charge in [-0.25, -0.2) is 13.2 Å². The van der Waals surface area contributed by atoms with Gasteiger partial charge < -0.3 is 14.5 Å². The molecular formula is C22H16ClF8N3O3. The number of ether oxygens (including phenoxy) is 1. The molecule has 1 amide bonds. The number of furan rings is 1. The zero-order valence-corrected chi connectivity index (χ0v) is 19.3. The highest BCUT2D eigenvalue weighted by molar-refractivity contribution is 6.32. The van der Waals surface area contributed by atoms with Crippen molar-refractivity contribution in [3.05, 3.63) is 69.1 Å². The summed E-state index contributed by atoms with van der Waals surface area (Å²) in [6.07, 6.45) is -3.09. The lowest BCUT2D eigenvalue weighted by atomic mass is 10.2. The normalized spacial score (nSPS) is 13.8. The minimum atomic E-state index is -4.70. The first-order valence-corrected chi connectivity index (χ1v) is 11.1. The van der Waals surface area contributed by atoms with Crippen molar-refractivity contribution in [2.75, 3.05) is 6.54 Å². The maximum absolute atomic E-state index is 13.7. The van der Waals surface area contributed by atoms with E-state index in [0.29, 0.717) is 18.5 Å². The van der Waals surface area contributed by atoms with Gasteiger partial charge in [-0.15, -0.1) is 0 Å². The zero-order valence-electron chi connectivity index (χ0n) is 18.5. The van der Waals surface area contributed by atoms with Gasteiger partial charge in [-0.2, -0.15) is 27.1 Å². The quantitative estimate of drug-likeness (QED) is 0.149. The second kappa shape index (κ2) is 10.2. The van der Waals surface area contributed by atoms with Crippen molar-refractivity contribution in [2.45, 2.75) is 44.5 Å². The Balaban J connectivity index is 1.31. The van der Waals surface area contributed by atoms with Crippen molar-refractivity contribution in [3.8, 4) is 5.75 Å². The SMILES string of the molecule is O=C(NCCCn1nc(C(F)(F)F)c(Cl)c1C1CC1)c1ccc(COc2c(F)c(F)c(F)c(F)c2F)o1. The Morgan fingerprint density at radius 1 is 1.08 bits per heavy atom. The molecular weight excluding hydrogens is 542 g/mol. The smallest absolute Gasteiger partial charge is 0.436 e. The Kier molecular flexibility index (Phi) is 7.40. The molecule has 2 aromatic heterocycles. The van der Waals surface area contributed by atoms with Crippen LogP contribution in [0.5, 0.6) is 5.75 Å². The Labute approximate surface area is 208 Å². The highest BCUT2D eigenvalue weighted by Gasteiger charge is 2.42. The number of aryl methyl sites for hydroxylation is 1. The van der Waals surface area contributed by atoms with E-state index >= 15 is 0 Å². The molecule has 15 heteroatoms. The maximum atomic E-state index is 13.7. The number of carbonyl (C=O) groups is 1. The summed E-state index contributed by atoms with van der Waals surface area (Å²) in [5.74, 6) is -13.7. The largest absolute Gasteiger partial charge is 0.479 e. The van der Waals surface area contributed by atoms with Crippen molar-refractivity contribution >= 4 is 17.5 Å². The number of hydrogen-bond acceptors (Lipinski definition) is 4. The summed E-state index contributed by atoms with van der Waals surface area (Å²) >= 11 is 5.91. The van der Waals surface area contributed by atoms with Gasteiger partial charge >= 0.3 is 6.18 Å². The second-order valence-electron chi connectivity index (χ2n) is 8.11. The highest BCUT2D eigenvalue weighted by Crippen LogP contribution is 2.46. The molecule has 0 atom stereocenters. The Hall–Kier alpha value is -3.29. The van der Waals surface area contributed by atoms with Crippen LogP contribution in [-0.2, 0) is 19.3 Å². The van der Waals surface area contributed by atoms with Gasteiger partial charge in [-0.3, -0.25) is 9.48 Å². The number of amides is 1. The van der Waals surface area contributed by atoms with E-state index in [1.165, 1.54) is 16.8 Å². The van der Waals surface area contributed by atoms with Crippen molar-refractivity contribution in [3.63, 3.8) is 0 Å². The molecule has 1 aromatic carbocycles. The third kappa shape index (κ3) is 5.53. The maximum Gasteiger partial charge on any atom is 0.436 e. The molecule has 1 aliphatic carbocycles. The molecule has 3 aromatic rings. The van der Waals surface area contributed by atoms with E-state index in [0.717, 1.165) is 0 Å². The van der Waals surface area contributed by atoms with E-state index in [2.05, 4.69) is 15.2 Å². The summed E-state index contributed by atoms with van der Waals surface area (Å²) in [6.45, 7) is -0.670. The number of benzene rings is 1. The number of alkyl halides is 3. The zero-order chi connectivity index (χ0) is 27.1. The average Bonchev–Trinajstić information content (AvgIpc) is 3.45. The van der Waals surface area contributed by atoms with Gasteiger partial charge in [0.05, 0.1) is 10.7 Å². The number of nitrogens with zero attached hydrogens (tertiary/aromatic N) is 2. The third-order valence-corrected chi connectivity index (χ3v) is 5.78. The van der Waals surface area contributed by atoms with E-state index in [9.17, 15) is 39.9 Å². The van der Waals surface area contributed by atoms with Crippen LogP contribution in [0.25, 0.3) is 0 Å². The van der Waals surface area contributed by atoms with Crippen LogP contribution >= 0.6 is 11.6 Å². The lowest BCUT2D eigenvalue weighted by Crippen LogP contribution is -2.25. The average molecular weight is 558 g/mol. The number of carbonyl (C=O) groups excluding carboxylic acids is 1. The van der Waals surface area contributed by atoms with Crippen LogP contribution in [-0.4, -0.2) is 22.2 Å². The van der Waals surface area contributed by atoms with Crippen molar-refractivity contribution in [1.29, 1.82) is 0 Å². The summed E-state index contributed by atoms with van der Waals surface area (Å²) in [7, 11) is 0. The van der Waals surface area contributed by atoms with E-state index in [1.54, 1.807) is 0 Å². The van der Waals surface area contributed by atoms with Crippen LogP contribution in [0.1, 0.15) is 52.9 Å². The Morgan fingerprint density at radius 2 is 1.70 bits per heavy atom. The van der Waals surface area contributed by atoms with E-state index in [-0.39, 0.29) is 36.9 Å². The van der Waals surface area contributed by atoms with Crippen LogP contribution in [0.15, 0.2) is 16.5 Å². The topological polar surface area (TPSA) is 69.3 Å². The summed E-state index contributed by atoms with van der Waals surface area (Å²) in [4.78, 5) is 12.3. The van der Waals surface area contributed by atoms with Crippen molar-refractivity contribution in [1.82, 2.24) is 15.1 Å². The first-order valence-electron chi connectivity index (χ1n) is 10.7. The first kappa shape index (κ1) is 26.8. The molecule has 0 bridgehead atoms. The lowest BCUT2D eigenvalue weighted by Gasteiger charge is -2.09. The number of halogens is 9. The second-order valence-corrected chi connectivity index (χ2v) is 8.48. The monoisotopic (exact) mass is 557 g/mol. The van der Waals surface area contributed by atoms with Gasteiger partial charge in [0.2, 0.25) is 29.1 Å². The van der Waals surface area contributed by atoms with Gasteiger partial charge in [0.25, 0.3) is 5.91 Å². The number of hydrogen-bond donors (Lipinski definition) is 1. The molecule has 1 N–H and O–H groups in total. The van der Waals surface area contributed by atoms with Crippen LogP contribution in [0, 0.1) is 29.1 Å². The summed E-state index contributed by atoms with van der Waals surface area (Å²) in [5.41, 5.74) is -0.846. The van der Waals surface area contributed by atoms with Gasteiger partial charge in [-0.1, -0.05) is 11.6 Å². The molecule has 4 rings (SSSR count). The van der Waals surface area contributed by atoms with E-state index < -0.39 is 64.2 Å². The van der Waals surface area contributed by atoms with Crippen LogP contribution in [0.4, 0.5) is 35.1 Å². The Bertz CT molecular complexity index is 1300. The number of aromatic nitrogens is 2. The fraction of sp³-hybridized carbons (Fsp3) is 0.364. The molecule has 0 unspecified atom stereocenters. The van der Waals surface area contributed by atoms with Crippen LogP contribution < -0.4 is 10.1 Å². The highest BCUT2D eigenvalue weighted by atomic mass is 35.5. The molecule has 0 aliphatic heterocycles. The molecule has 1 aliphatic rings. The predicted octanol–water partition coefficient (Wildman–Crippen LogP) is 6.12. The standard InChI is InChI=1S/C22H16ClF8N3O3/c23-12-18(9-2-3-9)34(33-20(12)22(29,30)31)7-1-6-32-21(35)11-5-4-10(37-11)8-36-19-16(27)14(25)13(24)15(26)17(19)28/h4-5,9H,1-3,6-8H2,(H,32,35). The molecule has 0 saturated heterocycles. The summed E-state index contributed by atoms with van der Waals surface area (Å²) in [6, 6.07) is 2.37. The summed E-state index contributed by atoms with van der Waals surface area (Å²) in [5, 5.41) is 5.65. The van der Waals surface area contributed by atoms with Crippen LogP contribution in [0.2, 0.25) is 5.02 Å². The number of nitrogens with one attached hydrogen (secondary N) is 1. The molecule has 0 radical (unpaired) electrons. The minimum absolute atomic E-state index is 0.0266. The molecule has 37 heavy (non-hydrogen) atoms. The van der Waals surface area contributed by atoms with Gasteiger partial charge in [0.1, 0.15) is 12.4 Å². The number of rotatable bonds is 9. The molecule has 6 nitrogen and oxygen atoms in total. The molecule has 200 valence electrons. The van der Waals surface area contributed by atoms with Gasteiger partial charge in [0, 0.05) is 19.0 Å². The van der Waals surface area contributed by atoms with Gasteiger partial charge in [-0.05, 0) is 31.4 Å². The fourth-order valence-electron chi connectivity index (χ4n) is 3.50. The van der Waals surface area contributed by atoms with E-state index in [1.807, 2.05) is 0 Å².